The molecule has 0 aliphatic carbocycles. The Morgan fingerprint density at radius 2 is 1.42 bits per heavy atom. The lowest BCUT2D eigenvalue weighted by atomic mass is 10.1. The first-order valence-corrected chi connectivity index (χ1v) is 8.56. The number of amides is 1. The van der Waals surface area contributed by atoms with Crippen LogP contribution in [0.25, 0.3) is 0 Å². The quantitative estimate of drug-likeness (QED) is 0.532. The van der Waals surface area contributed by atoms with Gasteiger partial charge in [0.25, 0.3) is 0 Å². The molecule has 0 aliphatic heterocycles. The Balaban J connectivity index is 1.55. The molecule has 1 atom stereocenters. The maximum atomic E-state index is 11.8. The van der Waals surface area contributed by atoms with E-state index in [-0.39, 0.29) is 13.2 Å². The highest BCUT2D eigenvalue weighted by atomic mass is 16.5. The fourth-order valence-electron chi connectivity index (χ4n) is 2.24. The largest absolute Gasteiger partial charge is 0.460 e. The van der Waals surface area contributed by atoms with Crippen LogP contribution in [0.1, 0.15) is 24.0 Å². The lowest BCUT2D eigenvalue weighted by molar-refractivity contribution is -0.146. The molecular formula is C20H24N2O4. The number of hydrogen-bond donors (Lipinski definition) is 2. The van der Waals surface area contributed by atoms with Crippen molar-refractivity contribution in [3.8, 4) is 0 Å². The number of hydrogen-bond acceptors (Lipinski definition) is 5. The van der Waals surface area contributed by atoms with Crippen LogP contribution in [0.5, 0.6) is 0 Å². The van der Waals surface area contributed by atoms with Gasteiger partial charge in [-0.2, -0.15) is 0 Å². The van der Waals surface area contributed by atoms with E-state index in [9.17, 15) is 9.59 Å². The van der Waals surface area contributed by atoms with Crippen molar-refractivity contribution in [2.24, 2.45) is 5.73 Å². The van der Waals surface area contributed by atoms with Crippen molar-refractivity contribution in [3.05, 3.63) is 71.8 Å². The molecule has 0 spiro atoms. The molecule has 138 valence electrons. The molecule has 0 fully saturated rings. The van der Waals surface area contributed by atoms with Crippen molar-refractivity contribution in [2.45, 2.75) is 32.1 Å². The number of carbonyl (C=O) groups excluding carboxylic acids is 2. The normalized spacial score (nSPS) is 11.4. The molecule has 0 heterocycles. The van der Waals surface area contributed by atoms with Gasteiger partial charge in [-0.05, 0) is 24.0 Å². The third-order valence-corrected chi connectivity index (χ3v) is 3.70. The number of ether oxygens (including phenoxy) is 2. The van der Waals surface area contributed by atoms with Crippen molar-refractivity contribution in [2.75, 3.05) is 6.54 Å². The van der Waals surface area contributed by atoms with E-state index in [1.165, 1.54) is 0 Å². The van der Waals surface area contributed by atoms with Gasteiger partial charge in [-0.25, -0.2) is 4.79 Å². The average Bonchev–Trinajstić information content (AvgIpc) is 2.69. The predicted octanol–water partition coefficient (Wildman–Crippen LogP) is 2.76. The summed E-state index contributed by atoms with van der Waals surface area (Å²) >= 11 is 0. The summed E-state index contributed by atoms with van der Waals surface area (Å²) in [5.74, 6) is -0.444. The van der Waals surface area contributed by atoms with E-state index < -0.39 is 18.1 Å². The number of nitrogens with two attached hydrogens (primary N) is 1. The Bertz CT molecular complexity index is 677. The van der Waals surface area contributed by atoms with Gasteiger partial charge in [-0.1, -0.05) is 60.7 Å². The van der Waals surface area contributed by atoms with Gasteiger partial charge in [0.15, 0.2) is 0 Å². The van der Waals surface area contributed by atoms with Gasteiger partial charge in [-0.15, -0.1) is 0 Å². The van der Waals surface area contributed by atoms with Gasteiger partial charge in [-0.3, -0.25) is 4.79 Å². The van der Waals surface area contributed by atoms with Gasteiger partial charge in [0.2, 0.25) is 0 Å². The number of rotatable bonds is 9. The molecular weight excluding hydrogens is 332 g/mol. The van der Waals surface area contributed by atoms with Crippen LogP contribution in [0.3, 0.4) is 0 Å². The highest BCUT2D eigenvalue weighted by Crippen LogP contribution is 2.04. The number of benzene rings is 2. The lowest BCUT2D eigenvalue weighted by Crippen LogP contribution is -2.33. The van der Waals surface area contributed by atoms with Crippen LogP contribution in [0.15, 0.2) is 60.7 Å². The maximum absolute atomic E-state index is 11.8. The van der Waals surface area contributed by atoms with Gasteiger partial charge in [0.1, 0.15) is 19.3 Å². The van der Waals surface area contributed by atoms with Crippen LogP contribution >= 0.6 is 0 Å². The summed E-state index contributed by atoms with van der Waals surface area (Å²) in [6, 6.07) is 18.1. The first-order valence-electron chi connectivity index (χ1n) is 8.56. The minimum atomic E-state index is -0.708. The van der Waals surface area contributed by atoms with E-state index in [1.54, 1.807) is 0 Å². The second-order valence-corrected chi connectivity index (χ2v) is 5.83. The molecule has 0 aromatic heterocycles. The van der Waals surface area contributed by atoms with Gasteiger partial charge in [0.05, 0.1) is 0 Å². The Morgan fingerprint density at radius 1 is 0.885 bits per heavy atom. The average molecular weight is 356 g/mol. The number of esters is 1. The van der Waals surface area contributed by atoms with E-state index in [1.807, 2.05) is 60.7 Å². The molecule has 6 heteroatoms. The third kappa shape index (κ3) is 7.36. The number of nitrogens with one attached hydrogen (secondary N) is 1. The molecule has 2 aromatic rings. The van der Waals surface area contributed by atoms with E-state index in [4.69, 9.17) is 15.2 Å². The summed E-state index contributed by atoms with van der Waals surface area (Å²) in [4.78, 5) is 23.4. The predicted molar refractivity (Wildman–Crippen MR) is 98.1 cm³/mol. The summed E-state index contributed by atoms with van der Waals surface area (Å²) < 4.78 is 10.3. The maximum Gasteiger partial charge on any atom is 0.407 e. The Morgan fingerprint density at radius 3 is 2.00 bits per heavy atom. The minimum absolute atomic E-state index is 0.206. The van der Waals surface area contributed by atoms with Gasteiger partial charge >= 0.3 is 12.1 Å². The molecule has 1 amide bonds. The molecule has 0 saturated carbocycles. The molecule has 0 saturated heterocycles. The van der Waals surface area contributed by atoms with Crippen LogP contribution < -0.4 is 11.1 Å². The molecule has 2 aromatic carbocycles. The first-order chi connectivity index (χ1) is 12.6. The number of carbonyl (C=O) groups is 2. The van der Waals surface area contributed by atoms with E-state index in [2.05, 4.69) is 5.32 Å². The third-order valence-electron chi connectivity index (χ3n) is 3.70. The van der Waals surface area contributed by atoms with Crippen molar-refractivity contribution >= 4 is 12.1 Å². The van der Waals surface area contributed by atoms with Gasteiger partial charge in [0, 0.05) is 6.54 Å². The van der Waals surface area contributed by atoms with Crippen LogP contribution in [-0.4, -0.2) is 24.6 Å². The fourth-order valence-corrected chi connectivity index (χ4v) is 2.24. The summed E-state index contributed by atoms with van der Waals surface area (Å²) in [6.45, 7) is 0.808. The second-order valence-electron chi connectivity index (χ2n) is 5.83. The molecule has 0 radical (unpaired) electrons. The monoisotopic (exact) mass is 356 g/mol. The molecule has 2 rings (SSSR count). The van der Waals surface area contributed by atoms with Crippen LogP contribution in [0, 0.1) is 0 Å². The highest BCUT2D eigenvalue weighted by Gasteiger charge is 2.15. The standard InChI is InChI=1S/C20H24N2O4/c21-18(19(23)25-14-16-8-3-1-4-9-16)12-7-13-22-20(24)26-15-17-10-5-2-6-11-17/h1-6,8-11,18H,7,12-15,21H2,(H,22,24)/t18-/m0/s1. The molecule has 0 bridgehead atoms. The summed E-state index contributed by atoms with van der Waals surface area (Å²) in [7, 11) is 0. The van der Waals surface area contributed by atoms with E-state index >= 15 is 0 Å². The molecule has 3 N–H and O–H groups in total. The zero-order valence-corrected chi connectivity index (χ0v) is 14.6. The van der Waals surface area contributed by atoms with Crippen LogP contribution in [-0.2, 0) is 27.5 Å². The lowest BCUT2D eigenvalue weighted by Gasteiger charge is -2.12. The SMILES string of the molecule is N[C@@H](CCCNC(=O)OCc1ccccc1)C(=O)OCc1ccccc1. The Kier molecular flexibility index (Phi) is 8.15. The highest BCUT2D eigenvalue weighted by molar-refractivity contribution is 5.75. The van der Waals surface area contributed by atoms with E-state index in [0.29, 0.717) is 19.4 Å². The zero-order chi connectivity index (χ0) is 18.6. The molecule has 26 heavy (non-hydrogen) atoms. The summed E-state index contributed by atoms with van der Waals surface area (Å²) in [6.07, 6.45) is 0.489. The second kappa shape index (κ2) is 10.9. The molecule has 0 aliphatic rings. The van der Waals surface area contributed by atoms with Crippen LogP contribution in [0.4, 0.5) is 4.79 Å². The van der Waals surface area contributed by atoms with Crippen molar-refractivity contribution in [1.29, 1.82) is 0 Å². The zero-order valence-electron chi connectivity index (χ0n) is 14.6. The fraction of sp³-hybridized carbons (Fsp3) is 0.300. The molecule has 6 nitrogen and oxygen atoms in total. The topological polar surface area (TPSA) is 90.6 Å². The summed E-state index contributed by atoms with van der Waals surface area (Å²) in [5, 5.41) is 2.64. The smallest absolute Gasteiger partial charge is 0.407 e. The summed E-state index contributed by atoms with van der Waals surface area (Å²) in [5.41, 5.74) is 7.65. The first kappa shape index (κ1) is 19.5. The van der Waals surface area contributed by atoms with Crippen molar-refractivity contribution in [3.63, 3.8) is 0 Å². The van der Waals surface area contributed by atoms with Gasteiger partial charge < -0.3 is 20.5 Å². The molecule has 0 unspecified atom stereocenters. The number of alkyl carbamates (subject to hydrolysis) is 1. The van der Waals surface area contributed by atoms with Crippen LogP contribution in [0.2, 0.25) is 0 Å². The van der Waals surface area contributed by atoms with Crippen molar-refractivity contribution in [1.82, 2.24) is 5.32 Å². The van der Waals surface area contributed by atoms with Crippen molar-refractivity contribution < 1.29 is 19.1 Å². The van der Waals surface area contributed by atoms with E-state index in [0.717, 1.165) is 11.1 Å². The minimum Gasteiger partial charge on any atom is -0.460 e. The Hall–Kier alpha value is -2.86. The Labute approximate surface area is 153 Å².